The monoisotopic (exact) mass is 807 g/mol. The van der Waals surface area contributed by atoms with Crippen molar-refractivity contribution in [2.45, 2.75) is 315 Å². The molecular weight excluding hydrogens is 701 g/mol. The van der Waals surface area contributed by atoms with Crippen molar-refractivity contribution in [2.75, 3.05) is 19.8 Å². The van der Waals surface area contributed by atoms with Crippen molar-refractivity contribution in [3.63, 3.8) is 0 Å². The number of carbonyl (C=O) groups is 1. The molecule has 4 nitrogen and oxygen atoms in total. The lowest BCUT2D eigenvalue weighted by Crippen LogP contribution is -2.27. The fraction of sp³-hybridized carbons (Fsp3) is 0.981. The number of rotatable bonds is 51. The molecule has 1 N–H and O–H groups in total. The van der Waals surface area contributed by atoms with Gasteiger partial charge in [-0.3, -0.25) is 4.79 Å². The highest BCUT2D eigenvalue weighted by atomic mass is 16.6. The lowest BCUT2D eigenvalue weighted by atomic mass is 10.0. The predicted molar refractivity (Wildman–Crippen MR) is 252 cm³/mol. The molecule has 1 atom stereocenters. The van der Waals surface area contributed by atoms with E-state index in [9.17, 15) is 9.90 Å². The van der Waals surface area contributed by atoms with Crippen molar-refractivity contribution in [1.29, 1.82) is 0 Å². The van der Waals surface area contributed by atoms with Crippen LogP contribution in [0.25, 0.3) is 0 Å². The number of unbranched alkanes of at least 4 members (excludes halogenated alkanes) is 43. The van der Waals surface area contributed by atoms with Gasteiger partial charge in [0.1, 0.15) is 6.10 Å². The van der Waals surface area contributed by atoms with Crippen LogP contribution in [0.15, 0.2) is 0 Å². The van der Waals surface area contributed by atoms with Gasteiger partial charge < -0.3 is 14.6 Å². The third-order valence-corrected chi connectivity index (χ3v) is 12.4. The van der Waals surface area contributed by atoms with Crippen molar-refractivity contribution in [2.24, 2.45) is 0 Å². The second-order valence-electron chi connectivity index (χ2n) is 18.3. The van der Waals surface area contributed by atoms with Crippen molar-refractivity contribution in [3.8, 4) is 0 Å². The van der Waals surface area contributed by atoms with E-state index >= 15 is 0 Å². The van der Waals surface area contributed by atoms with Gasteiger partial charge in [0.15, 0.2) is 0 Å². The quantitative estimate of drug-likeness (QED) is 0.0491. The first-order chi connectivity index (χ1) is 28.2. The molecule has 342 valence electrons. The van der Waals surface area contributed by atoms with Crippen LogP contribution >= 0.6 is 0 Å². The standard InChI is InChI=1S/C53H106O4/c1-3-5-7-9-11-13-15-17-19-21-23-25-26-27-28-29-30-32-34-36-38-40-42-44-46-48-53(55)57-52(50-54)51-56-49-47-45-43-41-39-37-35-33-31-24-22-20-18-16-14-12-10-8-6-4-2/h52,54H,3-51H2,1-2H3. The SMILES string of the molecule is CCCCCCCCCCCCCCCCCCCCCCCCCCCC(=O)OC(CO)COCCCCCCCCCCCCCCCCCCCCCC. The van der Waals surface area contributed by atoms with Gasteiger partial charge in [-0.15, -0.1) is 0 Å². The summed E-state index contributed by atoms with van der Waals surface area (Å²) >= 11 is 0. The molecule has 0 radical (unpaired) electrons. The molecule has 0 aromatic rings. The molecule has 0 bridgehead atoms. The Labute approximate surface area is 359 Å². The number of hydrogen-bond acceptors (Lipinski definition) is 4. The van der Waals surface area contributed by atoms with E-state index in [2.05, 4.69) is 13.8 Å². The molecule has 0 aliphatic carbocycles. The van der Waals surface area contributed by atoms with Crippen LogP contribution < -0.4 is 0 Å². The summed E-state index contributed by atoms with van der Waals surface area (Å²) in [5.74, 6) is -0.189. The predicted octanol–water partition coefficient (Wildman–Crippen LogP) is 17.9. The van der Waals surface area contributed by atoms with E-state index in [1.54, 1.807) is 0 Å². The van der Waals surface area contributed by atoms with Crippen LogP contribution in [0, 0.1) is 0 Å². The fourth-order valence-corrected chi connectivity index (χ4v) is 8.45. The van der Waals surface area contributed by atoms with Crippen LogP contribution in [-0.4, -0.2) is 37.0 Å². The van der Waals surface area contributed by atoms with E-state index in [0.717, 1.165) is 19.3 Å². The van der Waals surface area contributed by atoms with Crippen LogP contribution in [0.5, 0.6) is 0 Å². The molecule has 0 fully saturated rings. The van der Waals surface area contributed by atoms with Crippen LogP contribution in [0.1, 0.15) is 309 Å². The highest BCUT2D eigenvalue weighted by Gasteiger charge is 2.13. The average molecular weight is 807 g/mol. The minimum absolute atomic E-state index is 0.162. The van der Waals surface area contributed by atoms with Gasteiger partial charge in [0.05, 0.1) is 13.2 Å². The number of ether oxygens (including phenoxy) is 2. The molecule has 1 unspecified atom stereocenters. The molecule has 0 spiro atoms. The lowest BCUT2D eigenvalue weighted by Gasteiger charge is -2.16. The fourth-order valence-electron chi connectivity index (χ4n) is 8.45. The Bertz CT molecular complexity index is 726. The Morgan fingerprint density at radius 1 is 0.351 bits per heavy atom. The van der Waals surface area contributed by atoms with Crippen LogP contribution in [0.3, 0.4) is 0 Å². The molecule has 4 heteroatoms. The molecule has 0 heterocycles. The minimum atomic E-state index is -0.526. The molecule has 0 aromatic carbocycles. The Kier molecular flexibility index (Phi) is 51.0. The number of esters is 1. The van der Waals surface area contributed by atoms with E-state index in [1.165, 1.54) is 270 Å². The summed E-state index contributed by atoms with van der Waals surface area (Å²) in [5, 5.41) is 9.66. The summed E-state index contributed by atoms with van der Waals surface area (Å²) in [6, 6.07) is 0. The molecule has 57 heavy (non-hydrogen) atoms. The van der Waals surface area contributed by atoms with Gasteiger partial charge in [-0.25, -0.2) is 0 Å². The van der Waals surface area contributed by atoms with Crippen LogP contribution in [0.2, 0.25) is 0 Å². The topological polar surface area (TPSA) is 55.8 Å². The van der Waals surface area contributed by atoms with Gasteiger partial charge in [0.25, 0.3) is 0 Å². The Morgan fingerprint density at radius 3 is 0.825 bits per heavy atom. The normalized spacial score (nSPS) is 12.1. The zero-order valence-electron chi connectivity index (χ0n) is 39.4. The zero-order valence-corrected chi connectivity index (χ0v) is 39.4. The Balaban J connectivity index is 3.31. The molecule has 0 saturated heterocycles. The smallest absolute Gasteiger partial charge is 0.306 e. The van der Waals surface area contributed by atoms with E-state index in [1.807, 2.05) is 0 Å². The van der Waals surface area contributed by atoms with Crippen LogP contribution in [0.4, 0.5) is 0 Å². The van der Waals surface area contributed by atoms with Gasteiger partial charge in [-0.05, 0) is 12.8 Å². The molecule has 0 rings (SSSR count). The summed E-state index contributed by atoms with van der Waals surface area (Å²) in [6.07, 6.45) is 62.1. The van der Waals surface area contributed by atoms with Crippen molar-refractivity contribution < 1.29 is 19.4 Å². The number of aliphatic hydroxyl groups excluding tert-OH is 1. The number of carbonyl (C=O) groups excluding carboxylic acids is 1. The first-order valence-electron chi connectivity index (χ1n) is 26.6. The zero-order chi connectivity index (χ0) is 41.2. The third-order valence-electron chi connectivity index (χ3n) is 12.4. The first-order valence-corrected chi connectivity index (χ1v) is 26.6. The lowest BCUT2D eigenvalue weighted by molar-refractivity contribution is -0.154. The van der Waals surface area contributed by atoms with E-state index < -0.39 is 6.10 Å². The van der Waals surface area contributed by atoms with E-state index in [4.69, 9.17) is 9.47 Å². The van der Waals surface area contributed by atoms with Gasteiger partial charge in [0.2, 0.25) is 0 Å². The molecule has 0 aromatic heterocycles. The van der Waals surface area contributed by atoms with Gasteiger partial charge in [0, 0.05) is 13.0 Å². The molecule has 0 amide bonds. The van der Waals surface area contributed by atoms with Crippen LogP contribution in [-0.2, 0) is 14.3 Å². The largest absolute Gasteiger partial charge is 0.457 e. The van der Waals surface area contributed by atoms with Gasteiger partial charge in [-0.1, -0.05) is 290 Å². The van der Waals surface area contributed by atoms with Crippen molar-refractivity contribution >= 4 is 5.97 Å². The Morgan fingerprint density at radius 2 is 0.579 bits per heavy atom. The maximum atomic E-state index is 12.3. The maximum absolute atomic E-state index is 12.3. The summed E-state index contributed by atoms with van der Waals surface area (Å²) in [4.78, 5) is 12.3. The van der Waals surface area contributed by atoms with Crippen molar-refractivity contribution in [3.05, 3.63) is 0 Å². The van der Waals surface area contributed by atoms with Gasteiger partial charge >= 0.3 is 5.97 Å². The summed E-state index contributed by atoms with van der Waals surface area (Å²) < 4.78 is 11.2. The highest BCUT2D eigenvalue weighted by Crippen LogP contribution is 2.18. The molecule has 0 aliphatic heterocycles. The first kappa shape index (κ1) is 56.4. The summed E-state index contributed by atoms with van der Waals surface area (Å²) in [6.45, 7) is 5.43. The molecule has 0 saturated carbocycles. The maximum Gasteiger partial charge on any atom is 0.306 e. The second-order valence-corrected chi connectivity index (χ2v) is 18.3. The number of aliphatic hydroxyl groups is 1. The Hall–Kier alpha value is -0.610. The second kappa shape index (κ2) is 51.5. The third kappa shape index (κ3) is 49.7. The van der Waals surface area contributed by atoms with E-state index in [0.29, 0.717) is 19.6 Å². The molecule has 0 aliphatic rings. The van der Waals surface area contributed by atoms with Crippen molar-refractivity contribution in [1.82, 2.24) is 0 Å². The average Bonchev–Trinajstić information content (AvgIpc) is 3.22. The summed E-state index contributed by atoms with van der Waals surface area (Å²) in [5.41, 5.74) is 0. The minimum Gasteiger partial charge on any atom is -0.457 e. The molecular formula is C53H106O4. The highest BCUT2D eigenvalue weighted by molar-refractivity contribution is 5.69. The number of hydrogen-bond donors (Lipinski definition) is 1. The summed E-state index contributed by atoms with van der Waals surface area (Å²) in [7, 11) is 0. The van der Waals surface area contributed by atoms with Gasteiger partial charge in [-0.2, -0.15) is 0 Å². The van der Waals surface area contributed by atoms with E-state index in [-0.39, 0.29) is 12.6 Å².